The highest BCUT2D eigenvalue weighted by atomic mass is 35.5. The molecule has 2 aromatic carbocycles. The zero-order valence-corrected chi connectivity index (χ0v) is 24.4. The van der Waals surface area contributed by atoms with Crippen LogP contribution in [0.2, 0.25) is 10.0 Å². The topological polar surface area (TPSA) is 105 Å². The van der Waals surface area contributed by atoms with E-state index in [0.29, 0.717) is 40.3 Å². The molecule has 1 aliphatic rings. The maximum absolute atomic E-state index is 13.8. The standard InChI is InChI=1S/C26H33Cl2N3O6S/c1-6-38(34,35)31(19-8-10-22-23(14-19)37-12-11-36-22)16-24(32)30(17(2)25(33)29-26(3,4)5)15-18-7-9-20(27)21(28)13-18/h7-10,13-14,17H,6,11-12,15-16H2,1-5H3,(H,29,33). The number of amides is 2. The van der Waals surface area contributed by atoms with Crippen LogP contribution >= 0.6 is 23.2 Å². The predicted octanol–water partition coefficient (Wildman–Crippen LogP) is 4.25. The Bertz CT molecular complexity index is 1300. The molecule has 0 saturated carbocycles. The smallest absolute Gasteiger partial charge is 0.244 e. The molecule has 1 aliphatic heterocycles. The summed E-state index contributed by atoms with van der Waals surface area (Å²) >= 11 is 12.2. The largest absolute Gasteiger partial charge is 0.486 e. The molecule has 3 rings (SSSR count). The summed E-state index contributed by atoms with van der Waals surface area (Å²) in [6.45, 7) is 8.80. The summed E-state index contributed by atoms with van der Waals surface area (Å²) < 4.78 is 38.4. The van der Waals surface area contributed by atoms with E-state index in [1.165, 1.54) is 17.9 Å². The number of anilines is 1. The minimum atomic E-state index is -3.88. The van der Waals surface area contributed by atoms with Gasteiger partial charge in [0, 0.05) is 18.2 Å². The Morgan fingerprint density at radius 3 is 2.29 bits per heavy atom. The van der Waals surface area contributed by atoms with Crippen LogP contribution in [0.4, 0.5) is 5.69 Å². The minimum absolute atomic E-state index is 0.00953. The second-order valence-corrected chi connectivity index (χ2v) is 12.9. The molecule has 208 valence electrons. The van der Waals surface area contributed by atoms with Crippen LogP contribution in [0.3, 0.4) is 0 Å². The molecule has 0 aromatic heterocycles. The summed E-state index contributed by atoms with van der Waals surface area (Å²) in [4.78, 5) is 28.2. The number of nitrogens with zero attached hydrogens (tertiary/aromatic N) is 2. The van der Waals surface area contributed by atoms with Crippen molar-refractivity contribution >= 4 is 50.7 Å². The fourth-order valence-electron chi connectivity index (χ4n) is 3.80. The summed E-state index contributed by atoms with van der Waals surface area (Å²) in [5.41, 5.74) is 0.352. The van der Waals surface area contributed by atoms with Gasteiger partial charge in [-0.2, -0.15) is 0 Å². The van der Waals surface area contributed by atoms with Gasteiger partial charge in [-0.05, 0) is 64.4 Å². The van der Waals surface area contributed by atoms with Gasteiger partial charge in [0.1, 0.15) is 25.8 Å². The third-order valence-electron chi connectivity index (χ3n) is 5.80. The molecule has 1 atom stereocenters. The van der Waals surface area contributed by atoms with Gasteiger partial charge in [-0.3, -0.25) is 13.9 Å². The predicted molar refractivity (Wildman–Crippen MR) is 149 cm³/mol. The van der Waals surface area contributed by atoms with E-state index < -0.39 is 34.1 Å². The van der Waals surface area contributed by atoms with Gasteiger partial charge < -0.3 is 19.7 Å². The first-order valence-electron chi connectivity index (χ1n) is 12.2. The van der Waals surface area contributed by atoms with Gasteiger partial charge in [0.25, 0.3) is 0 Å². The first-order valence-corrected chi connectivity index (χ1v) is 14.5. The van der Waals surface area contributed by atoms with E-state index in [1.54, 1.807) is 37.3 Å². The van der Waals surface area contributed by atoms with Gasteiger partial charge in [-0.25, -0.2) is 8.42 Å². The summed E-state index contributed by atoms with van der Waals surface area (Å²) in [7, 11) is -3.88. The molecule has 0 saturated heterocycles. The molecule has 1 heterocycles. The average molecular weight is 587 g/mol. The molecule has 9 nitrogen and oxygen atoms in total. The average Bonchev–Trinajstić information content (AvgIpc) is 2.85. The van der Waals surface area contributed by atoms with E-state index >= 15 is 0 Å². The minimum Gasteiger partial charge on any atom is -0.486 e. The number of hydrogen-bond acceptors (Lipinski definition) is 6. The van der Waals surface area contributed by atoms with Crippen molar-refractivity contribution in [3.8, 4) is 11.5 Å². The second-order valence-electron chi connectivity index (χ2n) is 9.92. The van der Waals surface area contributed by atoms with Crippen LogP contribution in [-0.4, -0.2) is 62.2 Å². The molecule has 1 unspecified atom stereocenters. The van der Waals surface area contributed by atoms with Crippen molar-refractivity contribution in [2.75, 3.05) is 29.8 Å². The third kappa shape index (κ3) is 7.45. The maximum atomic E-state index is 13.8. The molecule has 0 aliphatic carbocycles. The van der Waals surface area contributed by atoms with Crippen molar-refractivity contribution in [1.82, 2.24) is 10.2 Å². The van der Waals surface area contributed by atoms with Crippen molar-refractivity contribution in [1.29, 1.82) is 0 Å². The molecular formula is C26H33Cl2N3O6S. The number of rotatable bonds is 9. The number of sulfonamides is 1. The molecule has 38 heavy (non-hydrogen) atoms. The van der Waals surface area contributed by atoms with E-state index in [0.717, 1.165) is 4.31 Å². The summed E-state index contributed by atoms with van der Waals surface area (Å²) in [5.74, 6) is -0.298. The van der Waals surface area contributed by atoms with E-state index in [2.05, 4.69) is 5.32 Å². The lowest BCUT2D eigenvalue weighted by atomic mass is 10.1. The molecular weight excluding hydrogens is 553 g/mol. The second kappa shape index (κ2) is 12.0. The fraction of sp³-hybridized carbons (Fsp3) is 0.462. The van der Waals surface area contributed by atoms with Crippen molar-refractivity contribution < 1.29 is 27.5 Å². The monoisotopic (exact) mass is 585 g/mol. The number of nitrogens with one attached hydrogen (secondary N) is 1. The van der Waals surface area contributed by atoms with Crippen LogP contribution in [0.1, 0.15) is 40.2 Å². The molecule has 1 N–H and O–H groups in total. The number of hydrogen-bond donors (Lipinski definition) is 1. The number of benzene rings is 2. The van der Waals surface area contributed by atoms with Gasteiger partial charge in [-0.15, -0.1) is 0 Å². The summed E-state index contributed by atoms with van der Waals surface area (Å²) in [5, 5.41) is 3.53. The van der Waals surface area contributed by atoms with Crippen LogP contribution in [0, 0.1) is 0 Å². The van der Waals surface area contributed by atoms with Crippen LogP contribution < -0.4 is 19.1 Å². The Hall–Kier alpha value is -2.69. The van der Waals surface area contributed by atoms with Crippen LogP contribution in [0.25, 0.3) is 0 Å². The van der Waals surface area contributed by atoms with Crippen molar-refractivity contribution in [2.24, 2.45) is 0 Å². The Balaban J connectivity index is 1.97. The Morgan fingerprint density at radius 1 is 1.03 bits per heavy atom. The molecule has 0 spiro atoms. The normalized spacial score (nSPS) is 14.0. The van der Waals surface area contributed by atoms with Gasteiger partial charge in [0.2, 0.25) is 21.8 Å². The van der Waals surface area contributed by atoms with Crippen LogP contribution in [0.15, 0.2) is 36.4 Å². The van der Waals surface area contributed by atoms with Gasteiger partial charge in [-0.1, -0.05) is 29.3 Å². The number of fused-ring (bicyclic) bond motifs is 1. The van der Waals surface area contributed by atoms with Crippen LogP contribution in [0.5, 0.6) is 11.5 Å². The first-order chi connectivity index (χ1) is 17.7. The number of ether oxygens (including phenoxy) is 2. The SMILES string of the molecule is CCS(=O)(=O)N(CC(=O)N(Cc1ccc(Cl)c(Cl)c1)C(C)C(=O)NC(C)(C)C)c1ccc2c(c1)OCCO2. The van der Waals surface area contributed by atoms with Gasteiger partial charge >= 0.3 is 0 Å². The molecule has 2 amide bonds. The number of halogens is 2. The lowest BCUT2D eigenvalue weighted by Crippen LogP contribution is -2.54. The highest BCUT2D eigenvalue weighted by molar-refractivity contribution is 7.92. The Kier molecular flexibility index (Phi) is 9.43. The zero-order valence-electron chi connectivity index (χ0n) is 22.1. The summed E-state index contributed by atoms with van der Waals surface area (Å²) in [6.07, 6.45) is 0. The summed E-state index contributed by atoms with van der Waals surface area (Å²) in [6, 6.07) is 8.71. The van der Waals surface area contributed by atoms with Crippen molar-refractivity contribution in [3.05, 3.63) is 52.0 Å². The van der Waals surface area contributed by atoms with E-state index in [-0.39, 0.29) is 23.9 Å². The molecule has 0 bridgehead atoms. The van der Waals surface area contributed by atoms with Crippen LogP contribution in [-0.2, 0) is 26.2 Å². The highest BCUT2D eigenvalue weighted by Crippen LogP contribution is 2.35. The first kappa shape index (κ1) is 29.9. The van der Waals surface area contributed by atoms with E-state index in [1.807, 2.05) is 20.8 Å². The molecule has 2 aromatic rings. The fourth-order valence-corrected chi connectivity index (χ4v) is 5.17. The lowest BCUT2D eigenvalue weighted by molar-refractivity contribution is -0.140. The molecule has 0 radical (unpaired) electrons. The number of carbonyl (C=O) groups is 2. The van der Waals surface area contributed by atoms with Crippen molar-refractivity contribution in [2.45, 2.75) is 52.7 Å². The van der Waals surface area contributed by atoms with E-state index in [4.69, 9.17) is 32.7 Å². The number of carbonyl (C=O) groups excluding carboxylic acids is 2. The lowest BCUT2D eigenvalue weighted by Gasteiger charge is -2.33. The molecule has 0 fully saturated rings. The highest BCUT2D eigenvalue weighted by Gasteiger charge is 2.32. The third-order valence-corrected chi connectivity index (χ3v) is 8.28. The quantitative estimate of drug-likeness (QED) is 0.471. The van der Waals surface area contributed by atoms with Crippen molar-refractivity contribution in [3.63, 3.8) is 0 Å². The Labute approximate surface area is 234 Å². The Morgan fingerprint density at radius 2 is 1.68 bits per heavy atom. The van der Waals surface area contributed by atoms with Gasteiger partial charge in [0.05, 0.1) is 21.5 Å². The maximum Gasteiger partial charge on any atom is 0.244 e. The zero-order chi connectivity index (χ0) is 28.3. The molecule has 12 heteroatoms. The van der Waals surface area contributed by atoms with Gasteiger partial charge in [0.15, 0.2) is 11.5 Å². The van der Waals surface area contributed by atoms with E-state index in [9.17, 15) is 18.0 Å².